The van der Waals surface area contributed by atoms with Gasteiger partial charge < -0.3 is 4.90 Å². The molecule has 1 nitrogen and oxygen atoms in total. The summed E-state index contributed by atoms with van der Waals surface area (Å²) in [6.07, 6.45) is 3.77. The summed E-state index contributed by atoms with van der Waals surface area (Å²) in [7, 11) is 2.23. The number of piperidine rings is 1. The number of hydrogen-bond acceptors (Lipinski definition) is 2. The molecule has 0 unspecified atom stereocenters. The minimum Gasteiger partial charge on any atom is -0.306 e. The normalized spacial score (nSPS) is 18.6. The van der Waals surface area contributed by atoms with Gasteiger partial charge in [-0.25, -0.2) is 0 Å². The number of likely N-dealkylation sites (tertiary alicyclic amines) is 1. The highest BCUT2D eigenvalue weighted by Gasteiger charge is 2.20. The molecule has 2 heterocycles. The van der Waals surface area contributed by atoms with Crippen molar-refractivity contribution in [2.45, 2.75) is 32.1 Å². The second kappa shape index (κ2) is 5.02. The molecule has 18 heavy (non-hydrogen) atoms. The summed E-state index contributed by atoms with van der Waals surface area (Å²) in [5.41, 5.74) is 3.08. The molecule has 2 aromatic rings. The summed E-state index contributed by atoms with van der Waals surface area (Å²) in [4.78, 5) is 2.45. The van der Waals surface area contributed by atoms with Gasteiger partial charge in [-0.3, -0.25) is 0 Å². The van der Waals surface area contributed by atoms with Crippen LogP contribution in [0.15, 0.2) is 23.6 Å². The zero-order valence-electron chi connectivity index (χ0n) is 11.3. The number of thiophene rings is 1. The summed E-state index contributed by atoms with van der Waals surface area (Å²) >= 11 is 1.91. The Morgan fingerprint density at radius 2 is 2.06 bits per heavy atom. The van der Waals surface area contributed by atoms with Gasteiger partial charge in [0.1, 0.15) is 0 Å². The molecule has 0 saturated carbocycles. The Hall–Kier alpha value is -0.860. The first kappa shape index (κ1) is 12.2. The molecule has 1 aliphatic heterocycles. The Labute approximate surface area is 113 Å². The molecule has 1 aromatic carbocycles. The predicted molar refractivity (Wildman–Crippen MR) is 80.7 cm³/mol. The van der Waals surface area contributed by atoms with E-state index in [-0.39, 0.29) is 0 Å². The Morgan fingerprint density at radius 1 is 1.28 bits per heavy atom. The average molecular weight is 259 g/mol. The van der Waals surface area contributed by atoms with Gasteiger partial charge >= 0.3 is 0 Å². The Balaban J connectivity index is 1.96. The third kappa shape index (κ3) is 2.19. The van der Waals surface area contributed by atoms with Gasteiger partial charge in [0.05, 0.1) is 0 Å². The van der Waals surface area contributed by atoms with Crippen molar-refractivity contribution in [1.82, 2.24) is 4.90 Å². The van der Waals surface area contributed by atoms with E-state index in [0.29, 0.717) is 0 Å². The van der Waals surface area contributed by atoms with E-state index >= 15 is 0 Å². The molecular weight excluding hydrogens is 238 g/mol. The van der Waals surface area contributed by atoms with Crippen LogP contribution in [0.2, 0.25) is 0 Å². The fourth-order valence-electron chi connectivity index (χ4n) is 2.95. The van der Waals surface area contributed by atoms with Crippen LogP contribution in [0.4, 0.5) is 0 Å². The maximum atomic E-state index is 2.45. The first-order chi connectivity index (χ1) is 8.78. The van der Waals surface area contributed by atoms with Crippen molar-refractivity contribution in [3.05, 3.63) is 34.7 Å². The van der Waals surface area contributed by atoms with E-state index in [1.165, 1.54) is 41.6 Å². The molecule has 96 valence electrons. The zero-order valence-corrected chi connectivity index (χ0v) is 12.1. The lowest BCUT2D eigenvalue weighted by Crippen LogP contribution is -2.29. The first-order valence-electron chi connectivity index (χ1n) is 6.96. The molecule has 0 spiro atoms. The zero-order chi connectivity index (χ0) is 12.5. The van der Waals surface area contributed by atoms with Gasteiger partial charge in [0.15, 0.2) is 0 Å². The molecule has 0 aliphatic carbocycles. The van der Waals surface area contributed by atoms with Crippen molar-refractivity contribution in [2.24, 2.45) is 0 Å². The van der Waals surface area contributed by atoms with Crippen molar-refractivity contribution in [2.75, 3.05) is 20.1 Å². The lowest BCUT2D eigenvalue weighted by atomic mass is 9.89. The smallest absolute Gasteiger partial charge is 0.0345 e. The minimum atomic E-state index is 0.780. The van der Waals surface area contributed by atoms with Crippen molar-refractivity contribution in [1.29, 1.82) is 0 Å². The fourth-order valence-corrected chi connectivity index (χ4v) is 3.98. The highest BCUT2D eigenvalue weighted by Crippen LogP contribution is 2.36. The van der Waals surface area contributed by atoms with Gasteiger partial charge in [0.25, 0.3) is 0 Å². The van der Waals surface area contributed by atoms with E-state index in [0.717, 1.165) is 12.3 Å². The number of rotatable bonds is 2. The average Bonchev–Trinajstić information content (AvgIpc) is 2.82. The van der Waals surface area contributed by atoms with Gasteiger partial charge in [-0.05, 0) is 73.3 Å². The van der Waals surface area contributed by atoms with Crippen LogP contribution in [0.25, 0.3) is 10.1 Å². The topological polar surface area (TPSA) is 3.24 Å². The third-order valence-corrected chi connectivity index (χ3v) is 5.22. The SMILES string of the molecule is CCc1ccc2scc(C3CCN(C)CC3)c2c1. The van der Waals surface area contributed by atoms with Crippen LogP contribution < -0.4 is 0 Å². The number of aryl methyl sites for hydroxylation is 1. The molecule has 0 radical (unpaired) electrons. The van der Waals surface area contributed by atoms with Crippen LogP contribution in [-0.4, -0.2) is 25.0 Å². The number of hydrogen-bond donors (Lipinski definition) is 0. The molecule has 2 heteroatoms. The van der Waals surface area contributed by atoms with E-state index in [4.69, 9.17) is 0 Å². The Kier molecular flexibility index (Phi) is 3.40. The van der Waals surface area contributed by atoms with E-state index < -0.39 is 0 Å². The largest absolute Gasteiger partial charge is 0.306 e. The summed E-state index contributed by atoms with van der Waals surface area (Å²) in [5, 5.41) is 3.93. The van der Waals surface area contributed by atoms with E-state index in [1.807, 2.05) is 11.3 Å². The van der Waals surface area contributed by atoms with Gasteiger partial charge in [0, 0.05) is 4.70 Å². The second-order valence-corrected chi connectivity index (χ2v) is 6.36. The molecule has 0 atom stereocenters. The van der Waals surface area contributed by atoms with E-state index in [2.05, 4.69) is 42.5 Å². The number of nitrogens with zero attached hydrogens (tertiary/aromatic N) is 1. The highest BCUT2D eigenvalue weighted by molar-refractivity contribution is 7.17. The van der Waals surface area contributed by atoms with Gasteiger partial charge in [-0.2, -0.15) is 0 Å². The van der Waals surface area contributed by atoms with E-state index in [9.17, 15) is 0 Å². The maximum absolute atomic E-state index is 2.45. The van der Waals surface area contributed by atoms with Crippen molar-refractivity contribution in [3.8, 4) is 0 Å². The lowest BCUT2D eigenvalue weighted by Gasteiger charge is -2.28. The maximum Gasteiger partial charge on any atom is 0.0345 e. The van der Waals surface area contributed by atoms with Crippen LogP contribution in [0.1, 0.15) is 36.8 Å². The molecule has 3 rings (SSSR count). The number of fused-ring (bicyclic) bond motifs is 1. The monoisotopic (exact) mass is 259 g/mol. The van der Waals surface area contributed by atoms with Crippen LogP contribution in [-0.2, 0) is 6.42 Å². The van der Waals surface area contributed by atoms with Crippen molar-refractivity contribution in [3.63, 3.8) is 0 Å². The minimum absolute atomic E-state index is 0.780. The van der Waals surface area contributed by atoms with Gasteiger partial charge in [0.2, 0.25) is 0 Å². The summed E-state index contributed by atoms with van der Waals surface area (Å²) in [6.45, 7) is 4.73. The van der Waals surface area contributed by atoms with Crippen LogP contribution in [0, 0.1) is 0 Å². The molecule has 0 N–H and O–H groups in total. The van der Waals surface area contributed by atoms with Crippen LogP contribution in [0.5, 0.6) is 0 Å². The van der Waals surface area contributed by atoms with Crippen molar-refractivity contribution < 1.29 is 0 Å². The quantitative estimate of drug-likeness (QED) is 0.778. The molecule has 1 fully saturated rings. The van der Waals surface area contributed by atoms with Crippen molar-refractivity contribution >= 4 is 21.4 Å². The number of benzene rings is 1. The van der Waals surface area contributed by atoms with Crippen LogP contribution >= 0.6 is 11.3 Å². The Morgan fingerprint density at radius 3 is 2.78 bits per heavy atom. The summed E-state index contributed by atoms with van der Waals surface area (Å²) in [6, 6.07) is 6.99. The van der Waals surface area contributed by atoms with E-state index in [1.54, 1.807) is 5.56 Å². The molecule has 1 aromatic heterocycles. The highest BCUT2D eigenvalue weighted by atomic mass is 32.1. The predicted octanol–water partition coefficient (Wildman–Crippen LogP) is 4.27. The standard InChI is InChI=1S/C16H21NS/c1-3-12-4-5-16-14(10-12)15(11-18-16)13-6-8-17(2)9-7-13/h4-5,10-11,13H,3,6-9H2,1-2H3. The lowest BCUT2D eigenvalue weighted by molar-refractivity contribution is 0.256. The van der Waals surface area contributed by atoms with Gasteiger partial charge in [-0.1, -0.05) is 19.1 Å². The summed E-state index contributed by atoms with van der Waals surface area (Å²) < 4.78 is 1.46. The fraction of sp³-hybridized carbons (Fsp3) is 0.500. The van der Waals surface area contributed by atoms with Crippen LogP contribution in [0.3, 0.4) is 0 Å². The first-order valence-corrected chi connectivity index (χ1v) is 7.84. The third-order valence-electron chi connectivity index (χ3n) is 4.23. The molecule has 0 amide bonds. The second-order valence-electron chi connectivity index (χ2n) is 5.45. The molecule has 1 saturated heterocycles. The van der Waals surface area contributed by atoms with Gasteiger partial charge in [-0.15, -0.1) is 11.3 Å². The summed E-state index contributed by atoms with van der Waals surface area (Å²) in [5.74, 6) is 0.780. The Bertz CT molecular complexity index is 535. The molecule has 1 aliphatic rings. The molecule has 0 bridgehead atoms. The molecular formula is C16H21NS.